The maximum absolute atomic E-state index is 13.9. The maximum atomic E-state index is 13.9. The summed E-state index contributed by atoms with van der Waals surface area (Å²) < 4.78 is 21.1. The zero-order valence-electron chi connectivity index (χ0n) is 10.9. The molecule has 0 fully saturated rings. The highest BCUT2D eigenvalue weighted by Crippen LogP contribution is 2.22. The quantitative estimate of drug-likeness (QED) is 0.925. The van der Waals surface area contributed by atoms with Crippen LogP contribution in [0, 0.1) is 5.82 Å². The summed E-state index contributed by atoms with van der Waals surface area (Å²) in [5.74, 6) is -0.599. The number of rotatable bonds is 3. The standard InChI is InChI=1S/C13H15FN2O3/c1-8(2)15-7-12(17)16(13(15)18)11-5-4-9(19-3)6-10(11)14/h4-8,17H,1-3H3. The Morgan fingerprint density at radius 1 is 1.37 bits per heavy atom. The SMILES string of the molecule is COc1ccc(-n2c(O)cn(C(C)C)c2=O)c(F)c1. The van der Waals surface area contributed by atoms with Crippen molar-refractivity contribution in [3.8, 4) is 17.3 Å². The molecule has 1 aromatic carbocycles. The minimum atomic E-state index is -0.641. The number of hydrogen-bond donors (Lipinski definition) is 1. The number of ether oxygens (including phenoxy) is 1. The topological polar surface area (TPSA) is 56.4 Å². The zero-order chi connectivity index (χ0) is 14.2. The van der Waals surface area contributed by atoms with Gasteiger partial charge in [0.05, 0.1) is 19.0 Å². The molecule has 0 radical (unpaired) electrons. The third kappa shape index (κ3) is 2.21. The maximum Gasteiger partial charge on any atom is 0.336 e. The van der Waals surface area contributed by atoms with Gasteiger partial charge in [-0.15, -0.1) is 0 Å². The van der Waals surface area contributed by atoms with Crippen LogP contribution in [0.3, 0.4) is 0 Å². The van der Waals surface area contributed by atoms with E-state index in [-0.39, 0.29) is 17.6 Å². The normalized spacial score (nSPS) is 11.0. The molecule has 0 unspecified atom stereocenters. The predicted molar refractivity (Wildman–Crippen MR) is 68.6 cm³/mol. The molecule has 0 bridgehead atoms. The van der Waals surface area contributed by atoms with Crippen molar-refractivity contribution in [1.82, 2.24) is 9.13 Å². The number of aromatic nitrogens is 2. The molecule has 2 aromatic rings. The summed E-state index contributed by atoms with van der Waals surface area (Å²) in [6.07, 6.45) is 1.29. The van der Waals surface area contributed by atoms with E-state index in [1.54, 1.807) is 13.8 Å². The molecule has 0 saturated heterocycles. The summed E-state index contributed by atoms with van der Waals surface area (Å²) in [5.41, 5.74) is -0.501. The summed E-state index contributed by atoms with van der Waals surface area (Å²) in [6.45, 7) is 3.60. The van der Waals surface area contributed by atoms with Crippen molar-refractivity contribution in [3.05, 3.63) is 40.7 Å². The fourth-order valence-electron chi connectivity index (χ4n) is 1.84. The molecule has 1 aromatic heterocycles. The van der Waals surface area contributed by atoms with E-state index in [1.807, 2.05) is 0 Å². The van der Waals surface area contributed by atoms with Crippen molar-refractivity contribution >= 4 is 0 Å². The second-order valence-corrected chi connectivity index (χ2v) is 4.42. The molecule has 0 aliphatic rings. The molecular formula is C13H15FN2O3. The third-order valence-electron chi connectivity index (χ3n) is 2.85. The molecule has 1 heterocycles. The average Bonchev–Trinajstić information content (AvgIpc) is 2.65. The molecule has 2 rings (SSSR count). The molecule has 5 nitrogen and oxygen atoms in total. The van der Waals surface area contributed by atoms with Crippen LogP contribution >= 0.6 is 0 Å². The van der Waals surface area contributed by atoms with Crippen molar-refractivity contribution in [2.45, 2.75) is 19.9 Å². The Morgan fingerprint density at radius 3 is 2.53 bits per heavy atom. The van der Waals surface area contributed by atoms with Crippen molar-refractivity contribution in [2.75, 3.05) is 7.11 Å². The lowest BCUT2D eigenvalue weighted by Gasteiger charge is -2.07. The first-order valence-electron chi connectivity index (χ1n) is 5.82. The van der Waals surface area contributed by atoms with Gasteiger partial charge < -0.3 is 9.84 Å². The number of benzene rings is 1. The van der Waals surface area contributed by atoms with Crippen molar-refractivity contribution < 1.29 is 14.2 Å². The van der Waals surface area contributed by atoms with E-state index in [9.17, 15) is 14.3 Å². The molecule has 0 aliphatic heterocycles. The Kier molecular flexibility index (Phi) is 3.33. The van der Waals surface area contributed by atoms with Gasteiger partial charge in [-0.2, -0.15) is 0 Å². The number of methoxy groups -OCH3 is 1. The molecular weight excluding hydrogens is 251 g/mol. The molecule has 102 valence electrons. The molecule has 0 aliphatic carbocycles. The molecule has 0 saturated carbocycles. The van der Waals surface area contributed by atoms with Crippen LogP contribution in [-0.4, -0.2) is 21.4 Å². The molecule has 19 heavy (non-hydrogen) atoms. The highest BCUT2D eigenvalue weighted by Gasteiger charge is 2.17. The van der Waals surface area contributed by atoms with Crippen LogP contribution in [0.4, 0.5) is 4.39 Å². The Balaban J connectivity index is 2.63. The van der Waals surface area contributed by atoms with Crippen LogP contribution in [-0.2, 0) is 0 Å². The number of aromatic hydroxyl groups is 1. The second kappa shape index (κ2) is 4.79. The number of imidazole rings is 1. The van der Waals surface area contributed by atoms with E-state index >= 15 is 0 Å². The largest absolute Gasteiger partial charge is 0.497 e. The summed E-state index contributed by atoms with van der Waals surface area (Å²) in [7, 11) is 1.42. The lowest BCUT2D eigenvalue weighted by molar-refractivity contribution is 0.410. The third-order valence-corrected chi connectivity index (χ3v) is 2.85. The van der Waals surface area contributed by atoms with Crippen LogP contribution in [0.2, 0.25) is 0 Å². The van der Waals surface area contributed by atoms with Gasteiger partial charge in [0.2, 0.25) is 5.88 Å². The minimum Gasteiger partial charge on any atom is -0.497 e. The van der Waals surface area contributed by atoms with Gasteiger partial charge in [0.1, 0.15) is 5.75 Å². The fourth-order valence-corrected chi connectivity index (χ4v) is 1.84. The lowest BCUT2D eigenvalue weighted by Crippen LogP contribution is -2.24. The van der Waals surface area contributed by atoms with Gasteiger partial charge in [-0.05, 0) is 26.0 Å². The summed E-state index contributed by atoms with van der Waals surface area (Å²) in [4.78, 5) is 12.1. The molecule has 0 atom stereocenters. The summed E-state index contributed by atoms with van der Waals surface area (Å²) in [5, 5.41) is 9.81. The number of hydrogen-bond acceptors (Lipinski definition) is 3. The highest BCUT2D eigenvalue weighted by atomic mass is 19.1. The monoisotopic (exact) mass is 266 g/mol. The Bertz CT molecular complexity index is 658. The van der Waals surface area contributed by atoms with Gasteiger partial charge in [0.15, 0.2) is 5.82 Å². The minimum absolute atomic E-state index is 0.0114. The van der Waals surface area contributed by atoms with Crippen LogP contribution in [0.15, 0.2) is 29.2 Å². The van der Waals surface area contributed by atoms with Gasteiger partial charge in [0, 0.05) is 12.1 Å². The molecule has 1 N–H and O–H groups in total. The Morgan fingerprint density at radius 2 is 2.05 bits per heavy atom. The van der Waals surface area contributed by atoms with E-state index in [4.69, 9.17) is 4.74 Å². The van der Waals surface area contributed by atoms with Crippen molar-refractivity contribution in [2.24, 2.45) is 0 Å². The second-order valence-electron chi connectivity index (χ2n) is 4.42. The van der Waals surface area contributed by atoms with E-state index in [1.165, 1.54) is 30.0 Å². The smallest absolute Gasteiger partial charge is 0.336 e. The van der Waals surface area contributed by atoms with E-state index in [2.05, 4.69) is 0 Å². The molecule has 6 heteroatoms. The molecule has 0 amide bonds. The van der Waals surface area contributed by atoms with Gasteiger partial charge in [-0.25, -0.2) is 13.8 Å². The highest BCUT2D eigenvalue weighted by molar-refractivity contribution is 5.41. The van der Waals surface area contributed by atoms with Crippen molar-refractivity contribution in [3.63, 3.8) is 0 Å². The Hall–Kier alpha value is -2.24. The first kappa shape index (κ1) is 13.2. The number of halogens is 1. The van der Waals surface area contributed by atoms with Gasteiger partial charge in [-0.3, -0.25) is 4.57 Å². The fraction of sp³-hybridized carbons (Fsp3) is 0.308. The predicted octanol–water partition coefficient (Wildman–Crippen LogP) is 2.07. The molecule has 0 spiro atoms. The van der Waals surface area contributed by atoms with E-state index < -0.39 is 11.5 Å². The van der Waals surface area contributed by atoms with E-state index in [0.29, 0.717) is 5.75 Å². The number of nitrogens with zero attached hydrogens (tertiary/aromatic N) is 2. The zero-order valence-corrected chi connectivity index (χ0v) is 10.9. The van der Waals surface area contributed by atoms with Crippen molar-refractivity contribution in [1.29, 1.82) is 0 Å². The average molecular weight is 266 g/mol. The lowest BCUT2D eigenvalue weighted by atomic mass is 10.3. The van der Waals surface area contributed by atoms with Crippen LogP contribution < -0.4 is 10.4 Å². The first-order valence-corrected chi connectivity index (χ1v) is 5.82. The van der Waals surface area contributed by atoms with Crippen LogP contribution in [0.5, 0.6) is 11.6 Å². The summed E-state index contributed by atoms with van der Waals surface area (Å²) >= 11 is 0. The Labute approximate surface area is 109 Å². The van der Waals surface area contributed by atoms with E-state index in [0.717, 1.165) is 10.6 Å². The first-order chi connectivity index (χ1) is 8.95. The van der Waals surface area contributed by atoms with Gasteiger partial charge in [-0.1, -0.05) is 0 Å². The van der Waals surface area contributed by atoms with Crippen LogP contribution in [0.1, 0.15) is 19.9 Å². The van der Waals surface area contributed by atoms with Gasteiger partial charge in [0.25, 0.3) is 0 Å². The van der Waals surface area contributed by atoms with Gasteiger partial charge >= 0.3 is 5.69 Å². The summed E-state index contributed by atoms with van der Waals surface area (Å²) in [6, 6.07) is 3.95. The van der Waals surface area contributed by atoms with Crippen LogP contribution in [0.25, 0.3) is 5.69 Å².